The Morgan fingerprint density at radius 3 is 0.415 bits per heavy atom. The number of hydrogen-bond acceptors (Lipinski definition) is 21. The molecule has 0 aromatic carbocycles. The minimum absolute atomic E-state index is 0.373. The van der Waals surface area contributed by atoms with Crippen molar-refractivity contribution in [2.75, 3.05) is 0 Å². The fraction of sp³-hybridized carbons (Fsp3) is 0.596. The van der Waals surface area contributed by atoms with Gasteiger partial charge in [0, 0.05) is 71.1 Å². The minimum atomic E-state index is -1.87. The summed E-state index contributed by atoms with van der Waals surface area (Å²) in [6, 6.07) is -17.5. The fourth-order valence-corrected chi connectivity index (χ4v) is 7.98. The molecule has 0 aliphatic rings. The second-order valence-electron chi connectivity index (χ2n) is 20.6. The summed E-state index contributed by atoms with van der Waals surface area (Å²) in [4.78, 5) is 253. The molecule has 0 heterocycles. The van der Waals surface area contributed by atoms with Gasteiger partial charge in [-0.15, -0.1) is 0 Å². The molecule has 94 heavy (non-hydrogen) atoms. The van der Waals surface area contributed by atoms with E-state index in [-0.39, 0.29) is 6.42 Å². The number of nitrogens with one attached hydrogen (secondary N) is 10. The van der Waals surface area contributed by atoms with Gasteiger partial charge in [0.05, 0.1) is 0 Å². The predicted molar refractivity (Wildman–Crippen MR) is 303 cm³/mol. The summed E-state index contributed by atoms with van der Waals surface area (Å²) in [6.45, 7) is 1.03. The maximum atomic E-state index is 12.7. The second-order valence-corrected chi connectivity index (χ2v) is 20.6. The molecule has 0 fully saturated rings. The Morgan fingerprint density at radius 1 is 0.213 bits per heavy atom. The first kappa shape index (κ1) is 82.9. The third-order valence-electron chi connectivity index (χ3n) is 13.0. The zero-order chi connectivity index (χ0) is 72.1. The van der Waals surface area contributed by atoms with E-state index in [2.05, 4.69) is 16.0 Å². The van der Waals surface area contributed by atoms with Gasteiger partial charge in [-0.1, -0.05) is 0 Å². The van der Waals surface area contributed by atoms with Gasteiger partial charge in [-0.25, -0.2) is 47.9 Å². The SMILES string of the molecule is CC(=O)NC(CCC(=O)NC(CCC(=O)NC(CCC(=O)NC(CCC(=O)NC(CCC(=O)NC(CCC(=O)NC(CCC(=O)NC(CCC(=O)NC(CCC(=O)NC(CCC(N)=O)C(=O)O)C(=O)O)C(=O)O)C(=O)O)C(=O)O)C(=O)O)C(=O)O)C(=O)O)C(=O)O)C(=O)O. The van der Waals surface area contributed by atoms with Crippen LogP contribution in [0.2, 0.25) is 0 Å². The van der Waals surface area contributed by atoms with Crippen LogP contribution in [0.3, 0.4) is 0 Å². The topological polar surface area (TPSA) is 707 Å². The molecular weight excluding hydrogens is 1270 g/mol. The van der Waals surface area contributed by atoms with Gasteiger partial charge in [0.1, 0.15) is 60.4 Å². The summed E-state index contributed by atoms with van der Waals surface area (Å²) in [6.07, 6.45) is -13.1. The van der Waals surface area contributed by atoms with Crippen molar-refractivity contribution in [2.24, 2.45) is 5.73 Å². The van der Waals surface area contributed by atoms with Crippen LogP contribution < -0.4 is 58.9 Å². The number of hydrogen-bond donors (Lipinski definition) is 21. The molecule has 10 unspecified atom stereocenters. The molecule has 0 aromatic rings. The molecule has 0 spiro atoms. The third-order valence-corrected chi connectivity index (χ3v) is 13.0. The first-order valence-electron chi connectivity index (χ1n) is 28.2. The summed E-state index contributed by atoms with van der Waals surface area (Å²) in [7, 11) is 0. The molecule has 0 aliphatic heterocycles. The lowest BCUT2D eigenvalue weighted by Crippen LogP contribution is -2.46. The van der Waals surface area contributed by atoms with Crippen LogP contribution in [0, 0.1) is 0 Å². The van der Waals surface area contributed by atoms with Crippen LogP contribution in [-0.2, 0) is 101 Å². The van der Waals surface area contributed by atoms with Crippen molar-refractivity contribution in [3.05, 3.63) is 0 Å². The molecule has 0 rings (SSSR count). The van der Waals surface area contributed by atoms with Crippen molar-refractivity contribution in [3.63, 3.8) is 0 Å². The highest BCUT2D eigenvalue weighted by Crippen LogP contribution is 2.11. The Morgan fingerprint density at radius 2 is 0.319 bits per heavy atom. The highest BCUT2D eigenvalue weighted by atomic mass is 16.4. The van der Waals surface area contributed by atoms with Gasteiger partial charge in [0.25, 0.3) is 0 Å². The number of primary amides is 1. The molecule has 0 saturated carbocycles. The van der Waals surface area contributed by atoms with E-state index in [0.29, 0.717) is 0 Å². The van der Waals surface area contributed by atoms with Gasteiger partial charge in [-0.05, 0) is 64.2 Å². The molecular formula is C52H75N11O31. The molecule has 0 radical (unpaired) electrons. The highest BCUT2D eigenvalue weighted by Gasteiger charge is 2.32. The number of nitrogens with two attached hydrogens (primary N) is 1. The van der Waals surface area contributed by atoms with Gasteiger partial charge in [-0.2, -0.15) is 0 Å². The fourth-order valence-electron chi connectivity index (χ4n) is 7.98. The van der Waals surface area contributed by atoms with Crippen molar-refractivity contribution in [1.82, 2.24) is 53.2 Å². The van der Waals surface area contributed by atoms with Crippen LogP contribution in [0.15, 0.2) is 0 Å². The van der Waals surface area contributed by atoms with Gasteiger partial charge >= 0.3 is 59.7 Å². The van der Waals surface area contributed by atoms with E-state index in [9.17, 15) is 147 Å². The lowest BCUT2D eigenvalue weighted by Gasteiger charge is -2.19. The zero-order valence-corrected chi connectivity index (χ0v) is 50.0. The summed E-state index contributed by atoms with van der Waals surface area (Å²) in [5, 5.41) is 116. The predicted octanol–water partition coefficient (Wildman–Crippen LogP) is -7.01. The van der Waals surface area contributed by atoms with E-state index in [0.717, 1.165) is 6.92 Å². The zero-order valence-electron chi connectivity index (χ0n) is 50.0. The minimum Gasteiger partial charge on any atom is -0.480 e. The number of carboxylic acids is 10. The number of rotatable bonds is 50. The van der Waals surface area contributed by atoms with E-state index in [1.807, 2.05) is 37.2 Å². The first-order chi connectivity index (χ1) is 43.7. The number of carboxylic acid groups (broad SMARTS) is 10. The van der Waals surface area contributed by atoms with Crippen molar-refractivity contribution < 1.29 is 152 Å². The van der Waals surface area contributed by atoms with Crippen LogP contribution in [0.1, 0.15) is 135 Å². The highest BCUT2D eigenvalue weighted by molar-refractivity contribution is 5.92. The lowest BCUT2D eigenvalue weighted by atomic mass is 10.1. The molecule has 0 aromatic heterocycles. The summed E-state index contributed by atoms with van der Waals surface area (Å²) in [5.41, 5.74) is 4.98. The van der Waals surface area contributed by atoms with Gasteiger partial charge in [0.15, 0.2) is 0 Å². The monoisotopic (exact) mass is 1350 g/mol. The van der Waals surface area contributed by atoms with Gasteiger partial charge < -0.3 is 110 Å². The molecule has 42 heteroatoms. The molecule has 0 saturated heterocycles. The van der Waals surface area contributed by atoms with Crippen molar-refractivity contribution >= 4 is 125 Å². The molecule has 42 nitrogen and oxygen atoms in total. The maximum absolute atomic E-state index is 12.7. The van der Waals surface area contributed by atoms with E-state index in [1.54, 1.807) is 0 Å². The summed E-state index contributed by atoms with van der Waals surface area (Å²) < 4.78 is 0. The Hall–Kier alpha value is -11.1. The van der Waals surface area contributed by atoms with Gasteiger partial charge in [0.2, 0.25) is 65.0 Å². The summed E-state index contributed by atoms with van der Waals surface area (Å²) in [5.74, 6) is -27.8. The van der Waals surface area contributed by atoms with Crippen LogP contribution in [0.25, 0.3) is 0 Å². The molecule has 0 bridgehead atoms. The molecule has 11 amide bonds. The maximum Gasteiger partial charge on any atom is 0.326 e. The average Bonchev–Trinajstić information content (AvgIpc) is 1.23. The number of carbonyl (C=O) groups excluding carboxylic acids is 11. The Kier molecular flexibility index (Phi) is 37.7. The number of aliphatic carboxylic acids is 10. The van der Waals surface area contributed by atoms with Crippen molar-refractivity contribution in [3.8, 4) is 0 Å². The second kappa shape index (κ2) is 42.8. The Balaban J connectivity index is 5.27. The van der Waals surface area contributed by atoms with Crippen LogP contribution in [0.5, 0.6) is 0 Å². The van der Waals surface area contributed by atoms with Crippen LogP contribution in [0.4, 0.5) is 0 Å². The number of amides is 11. The standard InChI is InChI=1S/C52H75N11O31/c1-22(64)54-23(43(75)76)3-13-34(66)56-25(45(79)80)5-15-36(68)58-27(47(83)84)7-17-38(70)60-29(49(87)88)9-19-40(72)62-31(51(91)92)11-21-42(74)63-32(52(93)94)10-20-41(73)61-30(50(89)90)8-18-39(71)59-28(48(85)86)6-16-37(69)57-26(46(81)82)4-14-35(67)55-24(44(77)78)2-12-33(53)65/h23-32H,2-21H2,1H3,(H2,53,65)(H,54,64)(H,55,67)(H,56,66)(H,57,69)(H,58,68)(H,59,71)(H,60,70)(H,61,73)(H,62,72)(H,63,74)(H,75,76)(H,77,78)(H,79,80)(H,81,82)(H,83,84)(H,85,86)(H,87,88)(H,89,90)(H,91,92)(H,93,94). The first-order valence-corrected chi connectivity index (χ1v) is 28.2. The molecule has 0 aliphatic carbocycles. The lowest BCUT2D eigenvalue weighted by molar-refractivity contribution is -0.144. The van der Waals surface area contributed by atoms with Crippen molar-refractivity contribution in [2.45, 2.75) is 196 Å². The summed E-state index contributed by atoms with van der Waals surface area (Å²) >= 11 is 0. The van der Waals surface area contributed by atoms with Crippen molar-refractivity contribution in [1.29, 1.82) is 0 Å². The van der Waals surface area contributed by atoms with E-state index >= 15 is 0 Å². The van der Waals surface area contributed by atoms with Crippen LogP contribution in [-0.4, -0.2) is 236 Å². The molecule has 22 N–H and O–H groups in total. The largest absolute Gasteiger partial charge is 0.480 e. The average molecular weight is 1350 g/mol. The molecule has 10 atom stereocenters. The van der Waals surface area contributed by atoms with E-state index in [4.69, 9.17) is 10.8 Å². The quantitative estimate of drug-likeness (QED) is 0.0269. The number of carbonyl (C=O) groups is 21. The smallest absolute Gasteiger partial charge is 0.326 e. The van der Waals surface area contributed by atoms with Crippen LogP contribution >= 0.6 is 0 Å². The van der Waals surface area contributed by atoms with Gasteiger partial charge in [-0.3, -0.25) is 52.7 Å². The molecule has 524 valence electrons. The van der Waals surface area contributed by atoms with E-state index < -0.39 is 307 Å². The Bertz CT molecular complexity index is 2850. The van der Waals surface area contributed by atoms with E-state index in [1.165, 1.54) is 0 Å². The normalized spacial score (nSPS) is 13.9. The Labute approximate surface area is 530 Å². The third kappa shape index (κ3) is 36.5.